The second kappa shape index (κ2) is 8.09. The van der Waals surface area contributed by atoms with Crippen LogP contribution in [0.1, 0.15) is 30.0 Å². The van der Waals surface area contributed by atoms with E-state index in [1.54, 1.807) is 6.92 Å². The Morgan fingerprint density at radius 2 is 1.26 bits per heavy atom. The lowest BCUT2D eigenvalue weighted by Gasteiger charge is -2.26. The average Bonchev–Trinajstić information content (AvgIpc) is 2.67. The molecule has 0 fully saturated rings. The Kier molecular flexibility index (Phi) is 5.60. The number of rotatable bonds is 5. The van der Waals surface area contributed by atoms with Gasteiger partial charge in [0.05, 0.1) is 0 Å². The number of benzene rings is 3. The summed E-state index contributed by atoms with van der Waals surface area (Å²) in [5.41, 5.74) is 6.57. The summed E-state index contributed by atoms with van der Waals surface area (Å²) in [5.74, 6) is 0.387. The monoisotopic (exact) mass is 359 g/mol. The summed E-state index contributed by atoms with van der Waals surface area (Å²) in [4.78, 5) is 13.8. The summed E-state index contributed by atoms with van der Waals surface area (Å²) in [6.07, 6.45) is 0.361. The van der Waals surface area contributed by atoms with Gasteiger partial charge in [-0.15, -0.1) is 0 Å². The highest BCUT2D eigenvalue weighted by atomic mass is 16.5. The van der Waals surface area contributed by atoms with Gasteiger partial charge in [0.25, 0.3) is 0 Å². The highest BCUT2D eigenvalue weighted by molar-refractivity contribution is 5.78. The third kappa shape index (κ3) is 4.37. The molecule has 0 bridgehead atoms. The molecule has 0 aromatic heterocycles. The minimum absolute atomic E-state index is 0.222. The van der Waals surface area contributed by atoms with E-state index in [1.165, 1.54) is 11.1 Å². The number of carbonyl (C=O) groups excluding carboxylic acids is 1. The molecule has 0 aliphatic rings. The van der Waals surface area contributed by atoms with Gasteiger partial charge in [0, 0.05) is 23.5 Å². The molecular weight excluding hydrogens is 334 g/mol. The van der Waals surface area contributed by atoms with Crippen LogP contribution in [-0.4, -0.2) is 5.97 Å². The van der Waals surface area contributed by atoms with E-state index in [9.17, 15) is 4.79 Å². The molecule has 0 saturated carbocycles. The maximum atomic E-state index is 11.6. The van der Waals surface area contributed by atoms with Crippen molar-refractivity contribution in [1.29, 1.82) is 0 Å². The van der Waals surface area contributed by atoms with Gasteiger partial charge in [-0.2, -0.15) is 0 Å². The summed E-state index contributed by atoms with van der Waals surface area (Å²) < 4.78 is 5.41. The lowest BCUT2D eigenvalue weighted by molar-refractivity contribution is -0.134. The van der Waals surface area contributed by atoms with E-state index >= 15 is 0 Å². The number of carbonyl (C=O) groups is 1. The molecule has 3 heteroatoms. The topological polar surface area (TPSA) is 29.5 Å². The van der Waals surface area contributed by atoms with Crippen LogP contribution in [0.3, 0.4) is 0 Å². The van der Waals surface area contributed by atoms with Crippen LogP contribution < -0.4 is 9.64 Å². The van der Waals surface area contributed by atoms with Crippen LogP contribution in [-0.2, 0) is 4.79 Å². The van der Waals surface area contributed by atoms with Crippen molar-refractivity contribution in [2.75, 3.05) is 4.90 Å². The van der Waals surface area contributed by atoms with Crippen molar-refractivity contribution >= 4 is 23.0 Å². The largest absolute Gasteiger partial charge is 0.426 e. The highest BCUT2D eigenvalue weighted by Crippen LogP contribution is 2.36. The first-order valence-electron chi connectivity index (χ1n) is 9.22. The van der Waals surface area contributed by atoms with Crippen LogP contribution in [0, 0.1) is 20.8 Å². The molecule has 3 rings (SSSR count). The van der Waals surface area contributed by atoms with E-state index in [4.69, 9.17) is 4.74 Å². The van der Waals surface area contributed by atoms with Gasteiger partial charge < -0.3 is 9.64 Å². The van der Waals surface area contributed by atoms with Gasteiger partial charge in [0.1, 0.15) is 5.75 Å². The summed E-state index contributed by atoms with van der Waals surface area (Å²) in [7, 11) is 0. The lowest BCUT2D eigenvalue weighted by Crippen LogP contribution is -2.11. The van der Waals surface area contributed by atoms with E-state index in [0.717, 1.165) is 22.6 Å². The molecule has 3 nitrogen and oxygen atoms in total. The second-order valence-electron chi connectivity index (χ2n) is 6.78. The van der Waals surface area contributed by atoms with Gasteiger partial charge in [-0.3, -0.25) is 4.79 Å². The van der Waals surface area contributed by atoms with Crippen molar-refractivity contribution in [2.24, 2.45) is 0 Å². The molecule has 3 aromatic carbocycles. The van der Waals surface area contributed by atoms with E-state index < -0.39 is 0 Å². The molecule has 0 saturated heterocycles. The Hall–Kier alpha value is -3.07. The number of esters is 1. The van der Waals surface area contributed by atoms with E-state index in [-0.39, 0.29) is 5.97 Å². The zero-order chi connectivity index (χ0) is 19.4. The van der Waals surface area contributed by atoms with Crippen molar-refractivity contribution in [2.45, 2.75) is 34.1 Å². The maximum Gasteiger partial charge on any atom is 0.310 e. The summed E-state index contributed by atoms with van der Waals surface area (Å²) >= 11 is 0. The summed E-state index contributed by atoms with van der Waals surface area (Å²) in [6.45, 7) is 7.93. The molecule has 0 aliphatic carbocycles. The quantitative estimate of drug-likeness (QED) is 0.390. The molecule has 0 spiro atoms. The fraction of sp³-hybridized carbons (Fsp3) is 0.208. The van der Waals surface area contributed by atoms with Crippen molar-refractivity contribution in [3.63, 3.8) is 0 Å². The van der Waals surface area contributed by atoms with Crippen LogP contribution in [0.4, 0.5) is 17.1 Å². The maximum absolute atomic E-state index is 11.6. The SMILES string of the molecule is CCC(=O)Oc1ccc(N(c2ccc(C)cc2)c2ccc(C)cc2)cc1C. The molecule has 0 unspecified atom stereocenters. The fourth-order valence-electron chi connectivity index (χ4n) is 2.92. The molecular formula is C24H25NO2. The molecule has 0 amide bonds. The Bertz CT molecular complexity index is 882. The van der Waals surface area contributed by atoms with Crippen LogP contribution >= 0.6 is 0 Å². The standard InChI is InChI=1S/C24H25NO2/c1-5-24(26)27-23-15-14-22(16-19(23)4)25(20-10-6-17(2)7-11-20)21-12-8-18(3)9-13-21/h6-16H,5H2,1-4H3. The average molecular weight is 359 g/mol. The van der Waals surface area contributed by atoms with Crippen molar-refractivity contribution in [3.05, 3.63) is 83.4 Å². The van der Waals surface area contributed by atoms with Gasteiger partial charge in [0.2, 0.25) is 0 Å². The van der Waals surface area contributed by atoms with Crippen LogP contribution in [0.5, 0.6) is 5.75 Å². The Morgan fingerprint density at radius 1 is 0.778 bits per heavy atom. The van der Waals surface area contributed by atoms with E-state index in [0.29, 0.717) is 12.2 Å². The molecule has 138 valence electrons. The number of aryl methyl sites for hydroxylation is 3. The molecule has 0 radical (unpaired) electrons. The van der Waals surface area contributed by atoms with Crippen LogP contribution in [0.25, 0.3) is 0 Å². The molecule has 0 N–H and O–H groups in total. The molecule has 27 heavy (non-hydrogen) atoms. The second-order valence-corrected chi connectivity index (χ2v) is 6.78. The Labute approximate surface area is 161 Å². The summed E-state index contributed by atoms with van der Waals surface area (Å²) in [5, 5.41) is 0. The molecule has 0 aliphatic heterocycles. The first-order chi connectivity index (χ1) is 13.0. The van der Waals surface area contributed by atoms with E-state index in [2.05, 4.69) is 73.3 Å². The number of nitrogens with zero attached hydrogens (tertiary/aromatic N) is 1. The van der Waals surface area contributed by atoms with Crippen molar-refractivity contribution < 1.29 is 9.53 Å². The van der Waals surface area contributed by atoms with Crippen LogP contribution in [0.2, 0.25) is 0 Å². The highest BCUT2D eigenvalue weighted by Gasteiger charge is 2.14. The minimum Gasteiger partial charge on any atom is -0.426 e. The number of anilines is 3. The number of hydrogen-bond donors (Lipinski definition) is 0. The lowest BCUT2D eigenvalue weighted by atomic mass is 10.1. The Morgan fingerprint density at radius 3 is 1.70 bits per heavy atom. The van der Waals surface area contributed by atoms with Gasteiger partial charge in [-0.1, -0.05) is 42.3 Å². The predicted octanol–water partition coefficient (Wildman–Crippen LogP) is 6.40. The first-order valence-corrected chi connectivity index (χ1v) is 9.22. The smallest absolute Gasteiger partial charge is 0.310 e. The van der Waals surface area contributed by atoms with Gasteiger partial charge >= 0.3 is 5.97 Å². The normalized spacial score (nSPS) is 10.5. The minimum atomic E-state index is -0.222. The number of hydrogen-bond acceptors (Lipinski definition) is 3. The Balaban J connectivity index is 2.05. The van der Waals surface area contributed by atoms with Crippen molar-refractivity contribution in [3.8, 4) is 5.75 Å². The molecule has 3 aromatic rings. The summed E-state index contributed by atoms with van der Waals surface area (Å²) in [6, 6.07) is 22.8. The van der Waals surface area contributed by atoms with Gasteiger partial charge in [-0.25, -0.2) is 0 Å². The third-order valence-corrected chi connectivity index (χ3v) is 4.51. The third-order valence-electron chi connectivity index (χ3n) is 4.51. The van der Waals surface area contributed by atoms with E-state index in [1.807, 2.05) is 19.1 Å². The zero-order valence-corrected chi connectivity index (χ0v) is 16.3. The molecule has 0 atom stereocenters. The van der Waals surface area contributed by atoms with Crippen molar-refractivity contribution in [1.82, 2.24) is 0 Å². The number of ether oxygens (including phenoxy) is 1. The van der Waals surface area contributed by atoms with Gasteiger partial charge in [0.15, 0.2) is 0 Å². The molecule has 0 heterocycles. The zero-order valence-electron chi connectivity index (χ0n) is 16.3. The van der Waals surface area contributed by atoms with Gasteiger partial charge in [-0.05, 0) is 68.8 Å². The predicted molar refractivity (Wildman–Crippen MR) is 111 cm³/mol. The fourth-order valence-corrected chi connectivity index (χ4v) is 2.92. The van der Waals surface area contributed by atoms with Crippen LogP contribution in [0.15, 0.2) is 66.7 Å². The first kappa shape index (κ1) is 18.7.